The molecule has 0 radical (unpaired) electrons. The van der Waals surface area contributed by atoms with Gasteiger partial charge in [0, 0.05) is 7.05 Å². The second-order valence-corrected chi connectivity index (χ2v) is 5.09. The number of aromatic nitrogens is 2. The predicted molar refractivity (Wildman–Crippen MR) is 86.2 cm³/mol. The van der Waals surface area contributed by atoms with Gasteiger partial charge in [-0.2, -0.15) is 0 Å². The second kappa shape index (κ2) is 7.07. The number of nitrogens with zero attached hydrogens (tertiary/aromatic N) is 2. The van der Waals surface area contributed by atoms with E-state index in [0.29, 0.717) is 11.8 Å². The first kappa shape index (κ1) is 15.3. The van der Waals surface area contributed by atoms with Crippen molar-refractivity contribution in [1.29, 1.82) is 0 Å². The Hall–Kier alpha value is -2.10. The van der Waals surface area contributed by atoms with Gasteiger partial charge in [0.2, 0.25) is 5.88 Å². The van der Waals surface area contributed by atoms with Gasteiger partial charge in [-0.15, -0.1) is 0 Å². The molecule has 1 atom stereocenters. The molecule has 0 saturated heterocycles. The van der Waals surface area contributed by atoms with Crippen molar-refractivity contribution >= 4 is 5.82 Å². The van der Waals surface area contributed by atoms with Gasteiger partial charge in [0.1, 0.15) is 17.9 Å². The van der Waals surface area contributed by atoms with E-state index in [1.54, 1.807) is 0 Å². The Kier molecular flexibility index (Phi) is 5.14. The summed E-state index contributed by atoms with van der Waals surface area (Å²) >= 11 is 0. The maximum absolute atomic E-state index is 5.92. The Morgan fingerprint density at radius 1 is 1.14 bits per heavy atom. The van der Waals surface area contributed by atoms with Crippen LogP contribution in [-0.2, 0) is 6.42 Å². The minimum absolute atomic E-state index is 0.570. The molecule has 2 aromatic rings. The summed E-state index contributed by atoms with van der Waals surface area (Å²) in [5.41, 5.74) is 2.32. The van der Waals surface area contributed by atoms with Crippen molar-refractivity contribution in [3.8, 4) is 11.6 Å². The predicted octanol–water partition coefficient (Wildman–Crippen LogP) is 4.39. The Morgan fingerprint density at radius 3 is 2.43 bits per heavy atom. The highest BCUT2D eigenvalue weighted by Gasteiger charge is 2.11. The van der Waals surface area contributed by atoms with Gasteiger partial charge in [-0.3, -0.25) is 0 Å². The van der Waals surface area contributed by atoms with Crippen molar-refractivity contribution in [3.05, 3.63) is 41.7 Å². The molecule has 2 rings (SSSR count). The standard InChI is InChI=1S/C17H23N3O/c1-5-12(3)13-7-9-14(10-8-13)21-17-15(6-2)16(18-4)19-11-20-17/h7-12H,5-6H2,1-4H3,(H,18,19,20). The SMILES string of the molecule is CCc1c(NC)ncnc1Oc1ccc(C(C)CC)cc1. The van der Waals surface area contributed by atoms with Gasteiger partial charge in [0.25, 0.3) is 0 Å². The molecule has 112 valence electrons. The third kappa shape index (κ3) is 3.51. The Morgan fingerprint density at radius 2 is 1.86 bits per heavy atom. The van der Waals surface area contributed by atoms with E-state index in [1.807, 2.05) is 19.2 Å². The fraction of sp³-hybridized carbons (Fsp3) is 0.412. The summed E-state index contributed by atoms with van der Waals surface area (Å²) in [6, 6.07) is 8.24. The first-order valence-electron chi connectivity index (χ1n) is 7.49. The molecule has 0 aliphatic carbocycles. The van der Waals surface area contributed by atoms with Gasteiger partial charge in [-0.05, 0) is 36.5 Å². The summed E-state index contributed by atoms with van der Waals surface area (Å²) in [7, 11) is 1.85. The summed E-state index contributed by atoms with van der Waals surface area (Å²) < 4.78 is 5.92. The van der Waals surface area contributed by atoms with Crippen LogP contribution in [0, 0.1) is 0 Å². The van der Waals surface area contributed by atoms with Gasteiger partial charge < -0.3 is 10.1 Å². The van der Waals surface area contributed by atoms with E-state index in [4.69, 9.17) is 4.74 Å². The van der Waals surface area contributed by atoms with E-state index in [2.05, 4.69) is 48.2 Å². The highest BCUT2D eigenvalue weighted by atomic mass is 16.5. The zero-order chi connectivity index (χ0) is 15.2. The highest BCUT2D eigenvalue weighted by molar-refractivity contribution is 5.49. The monoisotopic (exact) mass is 285 g/mol. The van der Waals surface area contributed by atoms with E-state index in [9.17, 15) is 0 Å². The average molecular weight is 285 g/mol. The van der Waals surface area contributed by atoms with E-state index in [0.717, 1.165) is 30.0 Å². The zero-order valence-corrected chi connectivity index (χ0v) is 13.2. The molecule has 0 amide bonds. The minimum Gasteiger partial charge on any atom is -0.439 e. The fourth-order valence-corrected chi connectivity index (χ4v) is 2.23. The van der Waals surface area contributed by atoms with Crippen LogP contribution in [0.25, 0.3) is 0 Å². The smallest absolute Gasteiger partial charge is 0.227 e. The molecule has 0 aliphatic rings. The van der Waals surface area contributed by atoms with Gasteiger partial charge in [0.15, 0.2) is 0 Å². The number of rotatable bonds is 6. The minimum atomic E-state index is 0.570. The summed E-state index contributed by atoms with van der Waals surface area (Å²) in [6.45, 7) is 6.50. The molecule has 21 heavy (non-hydrogen) atoms. The molecule has 4 heteroatoms. The van der Waals surface area contributed by atoms with Crippen LogP contribution < -0.4 is 10.1 Å². The van der Waals surface area contributed by atoms with Gasteiger partial charge >= 0.3 is 0 Å². The first-order chi connectivity index (χ1) is 10.2. The number of benzene rings is 1. The highest BCUT2D eigenvalue weighted by Crippen LogP contribution is 2.28. The van der Waals surface area contributed by atoms with Gasteiger partial charge in [0.05, 0.1) is 5.56 Å². The Balaban J connectivity index is 2.22. The molecule has 1 unspecified atom stereocenters. The summed E-state index contributed by atoms with van der Waals surface area (Å²) in [6.07, 6.45) is 3.47. The number of anilines is 1. The van der Waals surface area contributed by atoms with E-state index < -0.39 is 0 Å². The van der Waals surface area contributed by atoms with Gasteiger partial charge in [-0.25, -0.2) is 9.97 Å². The quantitative estimate of drug-likeness (QED) is 0.855. The van der Waals surface area contributed by atoms with Crippen molar-refractivity contribution in [2.75, 3.05) is 12.4 Å². The van der Waals surface area contributed by atoms with E-state index >= 15 is 0 Å². The van der Waals surface area contributed by atoms with Crippen molar-refractivity contribution < 1.29 is 4.74 Å². The van der Waals surface area contributed by atoms with Crippen LogP contribution in [0.2, 0.25) is 0 Å². The molecule has 1 N–H and O–H groups in total. The largest absolute Gasteiger partial charge is 0.439 e. The molecule has 0 saturated carbocycles. The van der Waals surface area contributed by atoms with Crippen LogP contribution in [-0.4, -0.2) is 17.0 Å². The molecular weight excluding hydrogens is 262 g/mol. The second-order valence-electron chi connectivity index (χ2n) is 5.09. The van der Waals surface area contributed by atoms with Gasteiger partial charge in [-0.1, -0.05) is 32.9 Å². The molecule has 4 nitrogen and oxygen atoms in total. The lowest BCUT2D eigenvalue weighted by Crippen LogP contribution is -2.02. The molecule has 0 spiro atoms. The number of hydrogen-bond donors (Lipinski definition) is 1. The number of hydrogen-bond acceptors (Lipinski definition) is 4. The molecule has 0 aliphatic heterocycles. The van der Waals surface area contributed by atoms with Crippen molar-refractivity contribution in [1.82, 2.24) is 9.97 Å². The van der Waals surface area contributed by atoms with Crippen molar-refractivity contribution in [2.45, 2.75) is 39.5 Å². The molecule has 0 bridgehead atoms. The van der Waals surface area contributed by atoms with Crippen LogP contribution in [0.1, 0.15) is 44.2 Å². The lowest BCUT2D eigenvalue weighted by atomic mass is 9.99. The van der Waals surface area contributed by atoms with Crippen LogP contribution in [0.4, 0.5) is 5.82 Å². The molecule has 1 aromatic heterocycles. The average Bonchev–Trinajstić information content (AvgIpc) is 2.54. The van der Waals surface area contributed by atoms with Crippen LogP contribution in [0.15, 0.2) is 30.6 Å². The lowest BCUT2D eigenvalue weighted by molar-refractivity contribution is 0.455. The third-order valence-electron chi connectivity index (χ3n) is 3.77. The normalized spacial score (nSPS) is 12.0. The fourth-order valence-electron chi connectivity index (χ4n) is 2.23. The summed E-state index contributed by atoms with van der Waals surface area (Å²) in [5.74, 6) is 2.81. The van der Waals surface area contributed by atoms with E-state index in [-0.39, 0.29) is 0 Å². The molecular formula is C17H23N3O. The molecule has 1 aromatic carbocycles. The third-order valence-corrected chi connectivity index (χ3v) is 3.77. The van der Waals surface area contributed by atoms with E-state index in [1.165, 1.54) is 11.9 Å². The zero-order valence-electron chi connectivity index (χ0n) is 13.2. The lowest BCUT2D eigenvalue weighted by Gasteiger charge is -2.13. The number of ether oxygens (including phenoxy) is 1. The first-order valence-corrected chi connectivity index (χ1v) is 7.49. The number of nitrogens with one attached hydrogen (secondary N) is 1. The Bertz CT molecular complexity index is 581. The van der Waals surface area contributed by atoms with Crippen molar-refractivity contribution in [2.24, 2.45) is 0 Å². The van der Waals surface area contributed by atoms with Crippen LogP contribution >= 0.6 is 0 Å². The Labute approximate surface area is 126 Å². The molecule has 1 heterocycles. The summed E-state index contributed by atoms with van der Waals surface area (Å²) in [4.78, 5) is 8.47. The van der Waals surface area contributed by atoms with Crippen LogP contribution in [0.3, 0.4) is 0 Å². The topological polar surface area (TPSA) is 47.0 Å². The van der Waals surface area contributed by atoms with Crippen molar-refractivity contribution in [3.63, 3.8) is 0 Å². The maximum Gasteiger partial charge on any atom is 0.227 e. The molecule has 0 fully saturated rings. The maximum atomic E-state index is 5.92. The van der Waals surface area contributed by atoms with Crippen LogP contribution in [0.5, 0.6) is 11.6 Å². The summed E-state index contributed by atoms with van der Waals surface area (Å²) in [5, 5.41) is 3.07.